The lowest BCUT2D eigenvalue weighted by Crippen LogP contribution is -2.28. The van der Waals surface area contributed by atoms with E-state index in [0.29, 0.717) is 18.3 Å². The van der Waals surface area contributed by atoms with Crippen LogP contribution in [0.5, 0.6) is 0 Å². The Kier molecular flexibility index (Phi) is 5.97. The number of nitrogens with one attached hydrogen (secondary N) is 2. The van der Waals surface area contributed by atoms with Crippen LogP contribution in [0.3, 0.4) is 0 Å². The van der Waals surface area contributed by atoms with Crippen molar-refractivity contribution in [1.29, 1.82) is 0 Å². The van der Waals surface area contributed by atoms with E-state index < -0.39 is 5.25 Å². The minimum Gasteiger partial charge on any atom is -0.383 e. The molecule has 0 bridgehead atoms. The van der Waals surface area contributed by atoms with Crippen molar-refractivity contribution in [3.63, 3.8) is 0 Å². The zero-order chi connectivity index (χ0) is 15.9. The summed E-state index contributed by atoms with van der Waals surface area (Å²) in [5.41, 5.74) is 1.76. The van der Waals surface area contributed by atoms with Crippen LogP contribution in [0.2, 0.25) is 0 Å². The molecule has 1 atom stereocenters. The number of rotatable bonds is 6. The highest BCUT2D eigenvalue weighted by Crippen LogP contribution is 2.23. The number of benzene rings is 1. The molecule has 0 spiro atoms. The number of aryl methyl sites for hydroxylation is 1. The standard InChI is InChI=1S/C15H19N3O3S/c1-10-5-3-4-6-11(10)17-13(19)9-12-14(20)18-15(22-12)16-7-8-21-2/h3-6,12H,7-9H2,1-2H3,(H,17,19)(H,16,18,20). The topological polar surface area (TPSA) is 79.8 Å². The Hall–Kier alpha value is -1.86. The number of amidine groups is 1. The highest BCUT2D eigenvalue weighted by molar-refractivity contribution is 8.15. The second kappa shape index (κ2) is 7.95. The number of hydrogen-bond donors (Lipinski definition) is 2. The second-order valence-electron chi connectivity index (χ2n) is 4.84. The Bertz CT molecular complexity index is 589. The average molecular weight is 321 g/mol. The molecule has 0 aliphatic carbocycles. The predicted molar refractivity (Wildman–Crippen MR) is 88.1 cm³/mol. The van der Waals surface area contributed by atoms with E-state index in [1.54, 1.807) is 7.11 Å². The lowest BCUT2D eigenvalue weighted by molar-refractivity contribution is -0.122. The van der Waals surface area contributed by atoms with E-state index in [4.69, 9.17) is 4.74 Å². The normalized spacial score (nSPS) is 19.3. The van der Waals surface area contributed by atoms with Gasteiger partial charge in [0.2, 0.25) is 11.8 Å². The van der Waals surface area contributed by atoms with Crippen molar-refractivity contribution in [1.82, 2.24) is 5.32 Å². The Morgan fingerprint density at radius 2 is 2.23 bits per heavy atom. The molecule has 2 amide bonds. The lowest BCUT2D eigenvalue weighted by Gasteiger charge is -2.09. The average Bonchev–Trinajstić information content (AvgIpc) is 2.82. The van der Waals surface area contributed by atoms with Crippen molar-refractivity contribution in [2.24, 2.45) is 4.99 Å². The highest BCUT2D eigenvalue weighted by atomic mass is 32.2. The number of ether oxygens (including phenoxy) is 1. The van der Waals surface area contributed by atoms with E-state index in [1.165, 1.54) is 11.8 Å². The fourth-order valence-electron chi connectivity index (χ4n) is 1.94. The number of amides is 2. The third-order valence-electron chi connectivity index (χ3n) is 3.12. The fraction of sp³-hybridized carbons (Fsp3) is 0.400. The third-order valence-corrected chi connectivity index (χ3v) is 4.24. The summed E-state index contributed by atoms with van der Waals surface area (Å²) in [6.07, 6.45) is 0.119. The summed E-state index contributed by atoms with van der Waals surface area (Å²) in [7, 11) is 1.60. The molecule has 6 nitrogen and oxygen atoms in total. The maximum absolute atomic E-state index is 12.1. The molecular weight excluding hydrogens is 302 g/mol. The first-order chi connectivity index (χ1) is 10.6. The first kappa shape index (κ1) is 16.5. The summed E-state index contributed by atoms with van der Waals surface area (Å²) in [6, 6.07) is 7.54. The van der Waals surface area contributed by atoms with Crippen molar-refractivity contribution < 1.29 is 14.3 Å². The molecule has 1 aromatic rings. The molecule has 1 aromatic carbocycles. The molecule has 1 aliphatic heterocycles. The van der Waals surface area contributed by atoms with Crippen molar-refractivity contribution in [2.45, 2.75) is 18.6 Å². The van der Waals surface area contributed by atoms with Crippen LogP contribution in [0.15, 0.2) is 29.3 Å². The van der Waals surface area contributed by atoms with Gasteiger partial charge in [0, 0.05) is 19.2 Å². The molecule has 1 aliphatic rings. The summed E-state index contributed by atoms with van der Waals surface area (Å²) in [5, 5.41) is 5.63. The largest absolute Gasteiger partial charge is 0.383 e. The van der Waals surface area contributed by atoms with E-state index >= 15 is 0 Å². The molecule has 2 rings (SSSR count). The quantitative estimate of drug-likeness (QED) is 0.779. The summed E-state index contributed by atoms with van der Waals surface area (Å²) in [6.45, 7) is 2.91. The van der Waals surface area contributed by atoms with E-state index in [1.807, 2.05) is 31.2 Å². The monoisotopic (exact) mass is 321 g/mol. The Balaban J connectivity index is 1.88. The van der Waals surface area contributed by atoms with Crippen molar-refractivity contribution in [2.75, 3.05) is 25.6 Å². The fourth-order valence-corrected chi connectivity index (χ4v) is 2.93. The van der Waals surface area contributed by atoms with E-state index in [9.17, 15) is 9.59 Å². The first-order valence-electron chi connectivity index (χ1n) is 6.96. The summed E-state index contributed by atoms with van der Waals surface area (Å²) >= 11 is 1.29. The van der Waals surface area contributed by atoms with E-state index in [-0.39, 0.29) is 18.2 Å². The van der Waals surface area contributed by atoms with Crippen LogP contribution in [0, 0.1) is 6.92 Å². The van der Waals surface area contributed by atoms with Crippen LogP contribution in [-0.2, 0) is 14.3 Å². The second-order valence-corrected chi connectivity index (χ2v) is 6.03. The van der Waals surface area contributed by atoms with Gasteiger partial charge in [-0.2, -0.15) is 0 Å². The lowest BCUT2D eigenvalue weighted by atomic mass is 10.2. The van der Waals surface area contributed by atoms with Gasteiger partial charge in [0.05, 0.1) is 13.2 Å². The number of anilines is 1. The SMILES string of the molecule is COCCN=C1NC(=O)C(CC(=O)Nc2ccccc2C)S1. The van der Waals surface area contributed by atoms with Gasteiger partial charge in [0.1, 0.15) is 5.25 Å². The zero-order valence-electron chi connectivity index (χ0n) is 12.6. The minimum absolute atomic E-state index is 0.119. The van der Waals surface area contributed by atoms with Crippen molar-refractivity contribution >= 4 is 34.4 Å². The molecule has 1 saturated heterocycles. The number of aliphatic imine (C=N–C) groups is 1. The molecule has 2 N–H and O–H groups in total. The van der Waals surface area contributed by atoms with Crippen LogP contribution in [0.4, 0.5) is 5.69 Å². The van der Waals surface area contributed by atoms with Gasteiger partial charge >= 0.3 is 0 Å². The van der Waals surface area contributed by atoms with Gasteiger partial charge in [-0.25, -0.2) is 0 Å². The number of carbonyl (C=O) groups excluding carboxylic acids is 2. The predicted octanol–water partition coefficient (Wildman–Crippen LogP) is 1.56. The molecule has 22 heavy (non-hydrogen) atoms. The number of para-hydroxylation sites is 1. The minimum atomic E-state index is -0.440. The van der Waals surface area contributed by atoms with Crippen LogP contribution in [0.1, 0.15) is 12.0 Å². The summed E-state index contributed by atoms with van der Waals surface area (Å²) in [5.74, 6) is -0.360. The molecular formula is C15H19N3O3S. The number of thioether (sulfide) groups is 1. The van der Waals surface area contributed by atoms with Crippen LogP contribution < -0.4 is 10.6 Å². The van der Waals surface area contributed by atoms with Crippen molar-refractivity contribution in [3.8, 4) is 0 Å². The zero-order valence-corrected chi connectivity index (χ0v) is 13.4. The smallest absolute Gasteiger partial charge is 0.240 e. The molecule has 0 saturated carbocycles. The molecule has 1 unspecified atom stereocenters. The van der Waals surface area contributed by atoms with Gasteiger partial charge in [0.25, 0.3) is 0 Å². The van der Waals surface area contributed by atoms with E-state index in [0.717, 1.165) is 11.3 Å². The van der Waals surface area contributed by atoms with Gasteiger partial charge in [-0.3, -0.25) is 14.6 Å². The maximum Gasteiger partial charge on any atom is 0.240 e. The maximum atomic E-state index is 12.1. The van der Waals surface area contributed by atoms with Gasteiger partial charge in [-0.05, 0) is 18.6 Å². The van der Waals surface area contributed by atoms with E-state index in [2.05, 4.69) is 15.6 Å². The molecule has 0 radical (unpaired) electrons. The van der Waals surface area contributed by atoms with Crippen molar-refractivity contribution in [3.05, 3.63) is 29.8 Å². The molecule has 1 fully saturated rings. The van der Waals surface area contributed by atoms with Gasteiger partial charge < -0.3 is 15.4 Å². The summed E-state index contributed by atoms with van der Waals surface area (Å²) < 4.78 is 4.90. The number of carbonyl (C=O) groups is 2. The molecule has 0 aromatic heterocycles. The third kappa shape index (κ3) is 4.57. The van der Waals surface area contributed by atoms with Crippen LogP contribution in [0.25, 0.3) is 0 Å². The van der Waals surface area contributed by atoms with Gasteiger partial charge in [-0.1, -0.05) is 30.0 Å². The molecule has 1 heterocycles. The number of methoxy groups -OCH3 is 1. The highest BCUT2D eigenvalue weighted by Gasteiger charge is 2.31. The number of hydrogen-bond acceptors (Lipinski definition) is 5. The first-order valence-corrected chi connectivity index (χ1v) is 7.84. The Morgan fingerprint density at radius 1 is 1.45 bits per heavy atom. The Labute approximate surface area is 133 Å². The Morgan fingerprint density at radius 3 is 2.95 bits per heavy atom. The van der Waals surface area contributed by atoms with Gasteiger partial charge in [-0.15, -0.1) is 0 Å². The van der Waals surface area contributed by atoms with Crippen LogP contribution in [-0.4, -0.2) is 42.5 Å². The summed E-state index contributed by atoms with van der Waals surface area (Å²) in [4.78, 5) is 28.1. The molecule has 7 heteroatoms. The van der Waals surface area contributed by atoms with Crippen LogP contribution >= 0.6 is 11.8 Å². The van der Waals surface area contributed by atoms with Gasteiger partial charge in [0.15, 0.2) is 5.17 Å². The number of nitrogens with zero attached hydrogens (tertiary/aromatic N) is 1. The molecule has 118 valence electrons.